The molecule has 0 spiro atoms. The highest BCUT2D eigenvalue weighted by molar-refractivity contribution is 7.99. The second-order valence-corrected chi connectivity index (χ2v) is 7.79. The quantitative estimate of drug-likeness (QED) is 0.223. The number of hydrogen-bond donors (Lipinski definition) is 1. The molecule has 0 aliphatic heterocycles. The molecule has 2 aromatic carbocycles. The van der Waals surface area contributed by atoms with E-state index in [0.717, 1.165) is 16.3 Å². The minimum atomic E-state index is -0.667. The highest BCUT2D eigenvalue weighted by atomic mass is 32.2. The molecule has 0 aliphatic carbocycles. The smallest absolute Gasteiger partial charge is 0.254 e. The van der Waals surface area contributed by atoms with Crippen molar-refractivity contribution in [1.29, 1.82) is 0 Å². The van der Waals surface area contributed by atoms with Crippen molar-refractivity contribution >= 4 is 22.5 Å². The number of nitrogens with one attached hydrogen (secondary N) is 1. The van der Waals surface area contributed by atoms with Crippen molar-refractivity contribution in [2.75, 3.05) is 0 Å². The van der Waals surface area contributed by atoms with Crippen molar-refractivity contribution in [2.45, 2.75) is 37.2 Å². The summed E-state index contributed by atoms with van der Waals surface area (Å²) in [6.07, 6.45) is 0. The number of fused-ring (bicyclic) bond motifs is 1. The monoisotopic (exact) mass is 365 g/mol. The van der Waals surface area contributed by atoms with Gasteiger partial charge in [0.2, 0.25) is 0 Å². The van der Waals surface area contributed by atoms with Gasteiger partial charge in [-0.05, 0) is 28.8 Å². The van der Waals surface area contributed by atoms with Crippen molar-refractivity contribution < 1.29 is 0 Å². The maximum Gasteiger partial charge on any atom is 0.254 e. The third-order valence-corrected chi connectivity index (χ3v) is 4.95. The number of thioether (sulfide) groups is 1. The number of nitrogens with zero attached hydrogens (tertiary/aromatic N) is 4. The molecule has 26 heavy (non-hydrogen) atoms. The van der Waals surface area contributed by atoms with E-state index in [9.17, 15) is 4.79 Å². The Kier molecular flexibility index (Phi) is 5.30. The van der Waals surface area contributed by atoms with E-state index in [1.165, 1.54) is 11.8 Å². The van der Waals surface area contributed by atoms with Crippen LogP contribution < -0.4 is 5.56 Å². The second-order valence-electron chi connectivity index (χ2n) is 6.22. The second kappa shape index (κ2) is 7.64. The fourth-order valence-corrected chi connectivity index (χ4v) is 3.63. The summed E-state index contributed by atoms with van der Waals surface area (Å²) in [5.74, 6) is 0. The molecule has 0 amide bonds. The van der Waals surface area contributed by atoms with Crippen molar-refractivity contribution in [3.63, 3.8) is 0 Å². The number of aromatic nitrogens is 2. The molecule has 0 aliphatic rings. The largest absolute Gasteiger partial charge is 0.301 e. The van der Waals surface area contributed by atoms with Gasteiger partial charge in [-0.15, -0.1) is 0 Å². The first kappa shape index (κ1) is 18.0. The van der Waals surface area contributed by atoms with Gasteiger partial charge in [0.05, 0.1) is 5.69 Å². The molecule has 132 valence electrons. The van der Waals surface area contributed by atoms with Gasteiger partial charge in [0.1, 0.15) is 6.04 Å². The van der Waals surface area contributed by atoms with Crippen LogP contribution in [0, 0.1) is 6.92 Å². The third-order valence-electron chi connectivity index (χ3n) is 4.06. The van der Waals surface area contributed by atoms with Gasteiger partial charge in [0.25, 0.3) is 5.56 Å². The summed E-state index contributed by atoms with van der Waals surface area (Å²) in [6, 6.07) is 13.1. The molecule has 3 rings (SSSR count). The number of rotatable bonds is 5. The van der Waals surface area contributed by atoms with Crippen LogP contribution in [0.1, 0.15) is 36.7 Å². The molecule has 0 saturated carbocycles. The molecule has 1 aromatic heterocycles. The van der Waals surface area contributed by atoms with Crippen molar-refractivity contribution in [2.24, 2.45) is 5.11 Å². The Hall–Kier alpha value is -2.76. The summed E-state index contributed by atoms with van der Waals surface area (Å²) in [7, 11) is 0. The number of aromatic amines is 1. The summed E-state index contributed by atoms with van der Waals surface area (Å²) in [5.41, 5.74) is 10.7. The lowest BCUT2D eigenvalue weighted by atomic mass is 9.95. The van der Waals surface area contributed by atoms with E-state index in [1.54, 1.807) is 6.92 Å². The van der Waals surface area contributed by atoms with E-state index in [2.05, 4.69) is 20.0 Å². The molecule has 7 heteroatoms. The van der Waals surface area contributed by atoms with E-state index in [-0.39, 0.29) is 10.8 Å². The molecule has 0 saturated heterocycles. The lowest BCUT2D eigenvalue weighted by Crippen LogP contribution is -2.18. The van der Waals surface area contributed by atoms with Crippen LogP contribution in [0.25, 0.3) is 21.2 Å². The fourth-order valence-electron chi connectivity index (χ4n) is 2.88. The Labute approximate surface area is 155 Å². The molecule has 1 N–H and O–H groups in total. The van der Waals surface area contributed by atoms with Crippen LogP contribution in [0.5, 0.6) is 0 Å². The third kappa shape index (κ3) is 3.59. The first-order chi connectivity index (χ1) is 12.5. The zero-order chi connectivity index (χ0) is 18.7. The Morgan fingerprint density at radius 2 is 1.92 bits per heavy atom. The predicted octanol–water partition coefficient (Wildman–Crippen LogP) is 5.13. The molecular weight excluding hydrogens is 346 g/mol. The van der Waals surface area contributed by atoms with Gasteiger partial charge in [0.15, 0.2) is 5.16 Å². The van der Waals surface area contributed by atoms with Gasteiger partial charge in [-0.3, -0.25) is 4.79 Å². The van der Waals surface area contributed by atoms with Crippen LogP contribution in [-0.2, 0) is 0 Å². The minimum Gasteiger partial charge on any atom is -0.301 e. The van der Waals surface area contributed by atoms with E-state index < -0.39 is 6.04 Å². The van der Waals surface area contributed by atoms with Crippen molar-refractivity contribution in [3.05, 3.63) is 80.1 Å². The van der Waals surface area contributed by atoms with Crippen LogP contribution in [0.3, 0.4) is 0 Å². The van der Waals surface area contributed by atoms with E-state index >= 15 is 0 Å². The van der Waals surface area contributed by atoms with Crippen molar-refractivity contribution in [1.82, 2.24) is 9.97 Å². The van der Waals surface area contributed by atoms with Crippen LogP contribution in [0.2, 0.25) is 0 Å². The van der Waals surface area contributed by atoms with E-state index in [0.29, 0.717) is 16.4 Å². The summed E-state index contributed by atoms with van der Waals surface area (Å²) in [5, 5.41) is 6.81. The van der Waals surface area contributed by atoms with Gasteiger partial charge in [-0.2, -0.15) is 0 Å². The molecule has 1 unspecified atom stereocenters. The van der Waals surface area contributed by atoms with E-state index in [1.807, 2.05) is 56.3 Å². The first-order valence-electron chi connectivity index (χ1n) is 8.30. The first-order valence-corrected chi connectivity index (χ1v) is 9.18. The topological polar surface area (TPSA) is 94.5 Å². The summed E-state index contributed by atoms with van der Waals surface area (Å²) in [6.45, 7) is 5.76. The number of H-pyrrole nitrogens is 1. The summed E-state index contributed by atoms with van der Waals surface area (Å²) < 4.78 is 0. The molecule has 3 aromatic rings. The number of hydrogen-bond acceptors (Lipinski definition) is 4. The Balaban J connectivity index is 2.25. The molecule has 6 nitrogen and oxygen atoms in total. The zero-order valence-electron chi connectivity index (χ0n) is 14.8. The van der Waals surface area contributed by atoms with Crippen LogP contribution >= 0.6 is 11.8 Å². The van der Waals surface area contributed by atoms with Crippen LogP contribution in [0.15, 0.2) is 57.5 Å². The van der Waals surface area contributed by atoms with E-state index in [4.69, 9.17) is 5.53 Å². The lowest BCUT2D eigenvalue weighted by molar-refractivity contribution is 0.758. The standard InChI is InChI=1S/C19H19N5OS/c1-11(2)26-19-21-16(12(3)18(25)22-19)17(23-24-20)15-10-6-8-13-7-4-5-9-14(13)15/h4-11,17H,1-3H3,(H,21,22,25). The van der Waals surface area contributed by atoms with Gasteiger partial charge in [-0.25, -0.2) is 4.98 Å². The molecular formula is C19H19N5OS. The molecule has 0 radical (unpaired) electrons. The molecule has 0 fully saturated rings. The lowest BCUT2D eigenvalue weighted by Gasteiger charge is -2.17. The summed E-state index contributed by atoms with van der Waals surface area (Å²) in [4.78, 5) is 22.8. The van der Waals surface area contributed by atoms with Crippen LogP contribution in [0.4, 0.5) is 0 Å². The number of azide groups is 1. The average Bonchev–Trinajstić information content (AvgIpc) is 2.62. The normalized spacial score (nSPS) is 12.2. The minimum absolute atomic E-state index is 0.212. The maximum absolute atomic E-state index is 12.4. The average molecular weight is 365 g/mol. The zero-order valence-corrected chi connectivity index (χ0v) is 15.6. The Morgan fingerprint density at radius 1 is 1.19 bits per heavy atom. The Bertz CT molecular complexity index is 1050. The number of benzene rings is 2. The van der Waals surface area contributed by atoms with Crippen molar-refractivity contribution in [3.8, 4) is 0 Å². The van der Waals surface area contributed by atoms with Gasteiger partial charge in [-0.1, -0.05) is 73.2 Å². The highest BCUT2D eigenvalue weighted by Crippen LogP contribution is 2.33. The van der Waals surface area contributed by atoms with Crippen LogP contribution in [-0.4, -0.2) is 15.2 Å². The molecule has 1 atom stereocenters. The fraction of sp³-hybridized carbons (Fsp3) is 0.263. The summed E-state index contributed by atoms with van der Waals surface area (Å²) >= 11 is 1.47. The van der Waals surface area contributed by atoms with Gasteiger partial charge >= 0.3 is 0 Å². The maximum atomic E-state index is 12.4. The predicted molar refractivity (Wildman–Crippen MR) is 106 cm³/mol. The molecule has 1 heterocycles. The van der Waals surface area contributed by atoms with Gasteiger partial charge in [0, 0.05) is 15.7 Å². The Morgan fingerprint density at radius 3 is 2.65 bits per heavy atom. The molecule has 0 bridgehead atoms. The van der Waals surface area contributed by atoms with Gasteiger partial charge < -0.3 is 4.98 Å². The SMILES string of the molecule is Cc1c(C(N=[N+]=[N-])c2cccc3ccccc23)nc(SC(C)C)[nH]c1=O. The highest BCUT2D eigenvalue weighted by Gasteiger charge is 2.21.